The minimum absolute atomic E-state index is 0.0559. The summed E-state index contributed by atoms with van der Waals surface area (Å²) in [5, 5.41) is 13.0. The number of ether oxygens (including phenoxy) is 4. The van der Waals surface area contributed by atoms with E-state index in [0.717, 1.165) is 114 Å². The molecule has 2 aliphatic rings. The van der Waals surface area contributed by atoms with Gasteiger partial charge in [-0.25, -0.2) is 4.98 Å². The lowest BCUT2D eigenvalue weighted by Crippen LogP contribution is -2.40. The maximum atomic E-state index is 8.93. The average molecular weight is 639 g/mol. The zero-order valence-electron chi connectivity index (χ0n) is 26.4. The smallest absolute Gasteiger partial charge is 0.241 e. The van der Waals surface area contributed by atoms with Crippen LogP contribution in [0.25, 0.3) is 11.3 Å². The molecule has 5 rings (SSSR count). The van der Waals surface area contributed by atoms with Gasteiger partial charge in [0.25, 0.3) is 0 Å². The van der Waals surface area contributed by atoms with Crippen molar-refractivity contribution in [2.45, 2.75) is 39.0 Å². The normalized spacial score (nSPS) is 17.2. The Kier molecular flexibility index (Phi) is 12.3. The maximum Gasteiger partial charge on any atom is 0.241 e. The van der Waals surface area contributed by atoms with Crippen LogP contribution in [0.3, 0.4) is 0 Å². The number of unbranched alkanes of at least 4 members (excludes halogenated alkanes) is 1. The van der Waals surface area contributed by atoms with Gasteiger partial charge in [-0.15, -0.1) is 0 Å². The quantitative estimate of drug-likeness (QED) is 0.0811. The maximum absolute atomic E-state index is 8.93. The standard InChI is InChI=1S/C33H46N6O5S/c1-3-4-5-30(44-28-12-8-26(9-13-28)32(34)36-40)43-27-10-6-25(7-11-27)31-29(24-39-18-22-42-23-19-39)45-33(35-31)37(2)14-15-38-16-20-41-21-17-38/h6-13,30,40H,3-5,14-24H2,1-2H3,(H2,34,36). The highest BCUT2D eigenvalue weighted by Crippen LogP contribution is 2.35. The van der Waals surface area contributed by atoms with Crippen molar-refractivity contribution in [3.05, 3.63) is 59.0 Å². The van der Waals surface area contributed by atoms with Gasteiger partial charge in [-0.2, -0.15) is 0 Å². The molecule has 2 aromatic carbocycles. The molecule has 0 aliphatic carbocycles. The molecule has 0 radical (unpaired) electrons. The zero-order chi connectivity index (χ0) is 31.4. The number of nitrogens with zero attached hydrogens (tertiary/aromatic N) is 5. The molecule has 2 fully saturated rings. The first-order valence-electron chi connectivity index (χ1n) is 15.8. The third-order valence-electron chi connectivity index (χ3n) is 8.05. The molecule has 0 spiro atoms. The number of likely N-dealkylation sites (N-methyl/N-ethyl adjacent to an activating group) is 1. The molecule has 3 N–H and O–H groups in total. The van der Waals surface area contributed by atoms with E-state index in [4.69, 9.17) is 34.9 Å². The Hall–Kier alpha value is -3.42. The summed E-state index contributed by atoms with van der Waals surface area (Å²) in [5.41, 5.74) is 8.41. The molecule has 1 unspecified atom stereocenters. The number of thiazole rings is 1. The number of amidine groups is 1. The second kappa shape index (κ2) is 16.8. The summed E-state index contributed by atoms with van der Waals surface area (Å²) in [5.74, 6) is 1.45. The Morgan fingerprint density at radius 2 is 1.58 bits per heavy atom. The van der Waals surface area contributed by atoms with E-state index in [1.807, 2.05) is 12.1 Å². The van der Waals surface area contributed by atoms with Crippen molar-refractivity contribution in [3.63, 3.8) is 0 Å². The van der Waals surface area contributed by atoms with Gasteiger partial charge in [0.2, 0.25) is 6.29 Å². The highest BCUT2D eigenvalue weighted by molar-refractivity contribution is 7.16. The Morgan fingerprint density at radius 1 is 0.978 bits per heavy atom. The van der Waals surface area contributed by atoms with Crippen LogP contribution in [0.1, 0.15) is 36.6 Å². The van der Waals surface area contributed by atoms with Crippen LogP contribution in [0.15, 0.2) is 53.7 Å². The van der Waals surface area contributed by atoms with E-state index in [2.05, 4.69) is 46.0 Å². The molecule has 45 heavy (non-hydrogen) atoms. The van der Waals surface area contributed by atoms with Gasteiger partial charge >= 0.3 is 0 Å². The fourth-order valence-electron chi connectivity index (χ4n) is 5.28. The molecular formula is C33H46N6O5S. The predicted octanol–water partition coefficient (Wildman–Crippen LogP) is 4.48. The molecule has 0 saturated carbocycles. The van der Waals surface area contributed by atoms with Crippen molar-refractivity contribution >= 4 is 22.3 Å². The van der Waals surface area contributed by atoms with Gasteiger partial charge in [0.05, 0.1) is 32.1 Å². The summed E-state index contributed by atoms with van der Waals surface area (Å²) in [4.78, 5) is 13.6. The van der Waals surface area contributed by atoms with Gasteiger partial charge in [0.15, 0.2) is 11.0 Å². The third-order valence-corrected chi connectivity index (χ3v) is 9.21. The summed E-state index contributed by atoms with van der Waals surface area (Å²) < 4.78 is 23.6. The number of nitrogens with two attached hydrogens (primary N) is 1. The van der Waals surface area contributed by atoms with Crippen molar-refractivity contribution in [1.29, 1.82) is 0 Å². The first-order chi connectivity index (χ1) is 22.0. The molecule has 3 heterocycles. The minimum Gasteiger partial charge on any atom is -0.455 e. The van der Waals surface area contributed by atoms with Gasteiger partial charge in [-0.3, -0.25) is 9.80 Å². The van der Waals surface area contributed by atoms with Gasteiger partial charge in [-0.05, 0) is 55.0 Å². The Bertz CT molecular complexity index is 1340. The van der Waals surface area contributed by atoms with Crippen molar-refractivity contribution in [2.75, 3.05) is 77.6 Å². The van der Waals surface area contributed by atoms with Crippen LogP contribution in [-0.2, 0) is 16.0 Å². The van der Waals surface area contributed by atoms with Crippen LogP contribution in [-0.4, -0.2) is 105 Å². The number of rotatable bonds is 15. The number of oxime groups is 1. The number of aromatic nitrogens is 1. The monoisotopic (exact) mass is 638 g/mol. The fraction of sp³-hybridized carbons (Fsp3) is 0.515. The Labute approximate surface area is 270 Å². The number of benzene rings is 2. The second-order valence-corrected chi connectivity index (χ2v) is 12.4. The SMILES string of the molecule is CCCCC(Oc1ccc(C(N)=NO)cc1)Oc1ccc(-c2nc(N(C)CCN3CCOCC3)sc2CN2CCOCC2)cc1. The van der Waals surface area contributed by atoms with E-state index >= 15 is 0 Å². The zero-order valence-corrected chi connectivity index (χ0v) is 27.2. The molecule has 244 valence electrons. The summed E-state index contributed by atoms with van der Waals surface area (Å²) in [7, 11) is 2.14. The van der Waals surface area contributed by atoms with Gasteiger partial charge in [0, 0.05) is 75.3 Å². The fourth-order valence-corrected chi connectivity index (χ4v) is 6.39. The topological polar surface area (TPSA) is 118 Å². The molecule has 1 aromatic heterocycles. The van der Waals surface area contributed by atoms with Crippen LogP contribution in [0.5, 0.6) is 11.5 Å². The van der Waals surface area contributed by atoms with Crippen LogP contribution >= 0.6 is 11.3 Å². The van der Waals surface area contributed by atoms with E-state index in [9.17, 15) is 0 Å². The molecule has 0 bridgehead atoms. The van der Waals surface area contributed by atoms with E-state index in [-0.39, 0.29) is 5.84 Å². The lowest BCUT2D eigenvalue weighted by molar-refractivity contribution is -0.00211. The molecule has 11 nitrogen and oxygen atoms in total. The number of hydrogen-bond donors (Lipinski definition) is 2. The summed E-state index contributed by atoms with van der Waals surface area (Å²) in [6, 6.07) is 15.3. The van der Waals surface area contributed by atoms with E-state index in [0.29, 0.717) is 11.3 Å². The summed E-state index contributed by atoms with van der Waals surface area (Å²) >= 11 is 1.78. The van der Waals surface area contributed by atoms with Crippen molar-refractivity contribution in [3.8, 4) is 22.8 Å². The van der Waals surface area contributed by atoms with Crippen molar-refractivity contribution in [2.24, 2.45) is 10.9 Å². The average Bonchev–Trinajstić information content (AvgIpc) is 3.51. The van der Waals surface area contributed by atoms with Crippen LogP contribution in [0, 0.1) is 0 Å². The molecule has 2 aliphatic heterocycles. The van der Waals surface area contributed by atoms with E-state index in [1.54, 1.807) is 35.6 Å². The van der Waals surface area contributed by atoms with Gasteiger partial charge < -0.3 is 34.8 Å². The Balaban J connectivity index is 1.29. The van der Waals surface area contributed by atoms with Gasteiger partial charge in [0.1, 0.15) is 11.5 Å². The number of morpholine rings is 2. The van der Waals surface area contributed by atoms with E-state index in [1.165, 1.54) is 4.88 Å². The number of anilines is 1. The minimum atomic E-state index is -0.451. The molecular weight excluding hydrogens is 592 g/mol. The van der Waals surface area contributed by atoms with Crippen molar-refractivity contribution in [1.82, 2.24) is 14.8 Å². The van der Waals surface area contributed by atoms with Gasteiger partial charge in [-0.1, -0.05) is 29.8 Å². The third kappa shape index (κ3) is 9.54. The highest BCUT2D eigenvalue weighted by atomic mass is 32.1. The number of hydrogen-bond acceptors (Lipinski definition) is 11. The second-order valence-electron chi connectivity index (χ2n) is 11.4. The lowest BCUT2D eigenvalue weighted by Gasteiger charge is -2.28. The molecule has 1 atom stereocenters. The Morgan fingerprint density at radius 3 is 2.18 bits per heavy atom. The van der Waals surface area contributed by atoms with E-state index < -0.39 is 6.29 Å². The summed E-state index contributed by atoms with van der Waals surface area (Å²) in [6.07, 6.45) is 2.30. The highest BCUT2D eigenvalue weighted by Gasteiger charge is 2.21. The molecule has 2 saturated heterocycles. The lowest BCUT2D eigenvalue weighted by atomic mass is 10.1. The van der Waals surface area contributed by atoms with Crippen LogP contribution in [0.2, 0.25) is 0 Å². The summed E-state index contributed by atoms with van der Waals surface area (Å²) in [6.45, 7) is 11.9. The first-order valence-corrected chi connectivity index (χ1v) is 16.7. The first kappa shape index (κ1) is 33.0. The van der Waals surface area contributed by atoms with Crippen molar-refractivity contribution < 1.29 is 24.2 Å². The predicted molar refractivity (Wildman–Crippen MR) is 178 cm³/mol. The molecule has 12 heteroatoms. The van der Waals surface area contributed by atoms with Crippen LogP contribution < -0.4 is 20.1 Å². The molecule has 0 amide bonds. The molecule has 3 aromatic rings. The largest absolute Gasteiger partial charge is 0.455 e. The van der Waals surface area contributed by atoms with Crippen LogP contribution in [0.4, 0.5) is 5.13 Å².